The Labute approximate surface area is 92.9 Å². The summed E-state index contributed by atoms with van der Waals surface area (Å²) < 4.78 is 15.2. The molecule has 16 heavy (non-hydrogen) atoms. The van der Waals surface area contributed by atoms with E-state index in [1.165, 1.54) is 6.07 Å². The lowest BCUT2D eigenvalue weighted by molar-refractivity contribution is 0.547. The molecule has 1 unspecified atom stereocenters. The third-order valence-electron chi connectivity index (χ3n) is 2.41. The van der Waals surface area contributed by atoms with Crippen LogP contribution >= 0.6 is 0 Å². The number of hydrogen-bond donors (Lipinski definition) is 2. The number of nitrogens with zero attached hydrogens (tertiary/aromatic N) is 2. The minimum atomic E-state index is -0.428. The number of aryl methyl sites for hydroxylation is 1. The summed E-state index contributed by atoms with van der Waals surface area (Å²) in [5, 5.41) is 4.21. The minimum absolute atomic E-state index is 0.295. The first-order chi connectivity index (χ1) is 7.72. The van der Waals surface area contributed by atoms with Crippen LogP contribution in [0.1, 0.15) is 17.3 Å². The van der Waals surface area contributed by atoms with Gasteiger partial charge in [-0.1, -0.05) is 18.2 Å². The van der Waals surface area contributed by atoms with E-state index >= 15 is 0 Å². The van der Waals surface area contributed by atoms with Crippen molar-refractivity contribution in [3.8, 4) is 0 Å². The van der Waals surface area contributed by atoms with Gasteiger partial charge in [0.2, 0.25) is 0 Å². The summed E-state index contributed by atoms with van der Waals surface area (Å²) >= 11 is 0. The summed E-state index contributed by atoms with van der Waals surface area (Å²) in [4.78, 5) is 0. The van der Waals surface area contributed by atoms with E-state index in [4.69, 9.17) is 5.84 Å². The van der Waals surface area contributed by atoms with Gasteiger partial charge in [-0.2, -0.15) is 5.10 Å². The molecule has 84 valence electrons. The number of nitrogens with one attached hydrogen (secondary N) is 1. The van der Waals surface area contributed by atoms with E-state index in [2.05, 4.69) is 10.5 Å². The van der Waals surface area contributed by atoms with Crippen molar-refractivity contribution >= 4 is 0 Å². The predicted octanol–water partition coefficient (Wildman–Crippen LogP) is 1.11. The molecule has 0 saturated heterocycles. The second-order valence-electron chi connectivity index (χ2n) is 3.54. The van der Waals surface area contributed by atoms with Crippen LogP contribution in [0.4, 0.5) is 4.39 Å². The number of halogens is 1. The molecule has 4 nitrogen and oxygen atoms in total. The van der Waals surface area contributed by atoms with Crippen LogP contribution in [0.5, 0.6) is 0 Å². The number of rotatable bonds is 3. The Hall–Kier alpha value is -1.72. The highest BCUT2D eigenvalue weighted by atomic mass is 19.1. The summed E-state index contributed by atoms with van der Waals surface area (Å²) in [6, 6.07) is 7.88. The Morgan fingerprint density at radius 3 is 2.69 bits per heavy atom. The molecule has 0 aliphatic rings. The SMILES string of the molecule is Cn1ccc(C(NN)c2ccccc2F)n1. The number of nitrogens with two attached hydrogens (primary N) is 1. The number of benzene rings is 1. The van der Waals surface area contributed by atoms with Crippen LogP contribution in [0.15, 0.2) is 36.5 Å². The molecule has 0 aliphatic carbocycles. The Bertz CT molecular complexity index is 480. The predicted molar refractivity (Wildman–Crippen MR) is 58.8 cm³/mol. The van der Waals surface area contributed by atoms with E-state index in [-0.39, 0.29) is 5.82 Å². The average molecular weight is 220 g/mol. The largest absolute Gasteiger partial charge is 0.275 e. The number of aromatic nitrogens is 2. The van der Waals surface area contributed by atoms with Crippen molar-refractivity contribution < 1.29 is 4.39 Å². The summed E-state index contributed by atoms with van der Waals surface area (Å²) in [6.45, 7) is 0. The fourth-order valence-corrected chi connectivity index (χ4v) is 1.63. The minimum Gasteiger partial charge on any atom is -0.275 e. The molecule has 0 aliphatic heterocycles. The van der Waals surface area contributed by atoms with Crippen LogP contribution in [-0.4, -0.2) is 9.78 Å². The molecule has 0 spiro atoms. The Morgan fingerprint density at radius 1 is 1.38 bits per heavy atom. The van der Waals surface area contributed by atoms with Crippen LogP contribution < -0.4 is 11.3 Å². The van der Waals surface area contributed by atoms with Gasteiger partial charge in [0.05, 0.1) is 11.7 Å². The lowest BCUT2D eigenvalue weighted by Gasteiger charge is -2.14. The zero-order valence-electron chi connectivity index (χ0n) is 8.89. The maximum Gasteiger partial charge on any atom is 0.128 e. The van der Waals surface area contributed by atoms with E-state index in [0.717, 1.165) is 0 Å². The Kier molecular flexibility index (Phi) is 2.98. The molecular formula is C11H13FN4. The zero-order chi connectivity index (χ0) is 11.5. The molecule has 5 heteroatoms. The summed E-state index contributed by atoms with van der Waals surface area (Å²) in [5.74, 6) is 5.15. The van der Waals surface area contributed by atoms with Gasteiger partial charge in [0.1, 0.15) is 5.82 Å². The van der Waals surface area contributed by atoms with Crippen LogP contribution in [0.3, 0.4) is 0 Å². The quantitative estimate of drug-likeness (QED) is 0.602. The smallest absolute Gasteiger partial charge is 0.128 e. The van der Waals surface area contributed by atoms with Crippen LogP contribution in [-0.2, 0) is 7.05 Å². The van der Waals surface area contributed by atoms with Crippen LogP contribution in [0.25, 0.3) is 0 Å². The first kappa shape index (κ1) is 10.8. The fraction of sp³-hybridized carbons (Fsp3) is 0.182. The van der Waals surface area contributed by atoms with E-state index in [1.807, 2.05) is 0 Å². The van der Waals surface area contributed by atoms with Gasteiger partial charge < -0.3 is 0 Å². The number of hydrazine groups is 1. The van der Waals surface area contributed by atoms with E-state index in [9.17, 15) is 4.39 Å². The van der Waals surface area contributed by atoms with Crippen molar-refractivity contribution in [2.75, 3.05) is 0 Å². The third kappa shape index (κ3) is 1.95. The molecule has 3 N–H and O–H groups in total. The molecule has 0 fully saturated rings. The molecular weight excluding hydrogens is 207 g/mol. The van der Waals surface area contributed by atoms with Crippen molar-refractivity contribution in [3.05, 3.63) is 53.6 Å². The zero-order valence-corrected chi connectivity index (χ0v) is 8.89. The van der Waals surface area contributed by atoms with Crippen molar-refractivity contribution in [2.24, 2.45) is 12.9 Å². The molecule has 0 radical (unpaired) electrons. The standard InChI is InChI=1S/C11H13FN4/c1-16-7-6-10(15-16)11(14-13)8-4-2-3-5-9(8)12/h2-7,11,14H,13H2,1H3. The van der Waals surface area contributed by atoms with Crippen molar-refractivity contribution in [1.29, 1.82) is 0 Å². The highest BCUT2D eigenvalue weighted by Gasteiger charge is 2.17. The molecule has 1 aromatic carbocycles. The molecule has 0 amide bonds. The number of hydrogen-bond acceptors (Lipinski definition) is 3. The first-order valence-electron chi connectivity index (χ1n) is 4.92. The van der Waals surface area contributed by atoms with E-state index < -0.39 is 6.04 Å². The highest BCUT2D eigenvalue weighted by Crippen LogP contribution is 2.21. The molecule has 1 atom stereocenters. The van der Waals surface area contributed by atoms with Gasteiger partial charge in [0.25, 0.3) is 0 Å². The van der Waals surface area contributed by atoms with Crippen LogP contribution in [0, 0.1) is 5.82 Å². The second-order valence-corrected chi connectivity index (χ2v) is 3.54. The Balaban J connectivity index is 2.40. The lowest BCUT2D eigenvalue weighted by Crippen LogP contribution is -2.30. The van der Waals surface area contributed by atoms with Gasteiger partial charge in [-0.15, -0.1) is 0 Å². The van der Waals surface area contributed by atoms with Gasteiger partial charge >= 0.3 is 0 Å². The Morgan fingerprint density at radius 2 is 2.12 bits per heavy atom. The van der Waals surface area contributed by atoms with Gasteiger partial charge in [-0.25, -0.2) is 9.82 Å². The van der Waals surface area contributed by atoms with Crippen molar-refractivity contribution in [3.63, 3.8) is 0 Å². The summed E-state index contributed by atoms with van der Waals surface area (Å²) in [7, 11) is 1.80. The van der Waals surface area contributed by atoms with Gasteiger partial charge in [-0.05, 0) is 12.1 Å². The maximum atomic E-state index is 13.6. The van der Waals surface area contributed by atoms with Crippen LogP contribution in [0.2, 0.25) is 0 Å². The average Bonchev–Trinajstić information content (AvgIpc) is 2.69. The molecule has 0 bridgehead atoms. The highest BCUT2D eigenvalue weighted by molar-refractivity contribution is 5.28. The van der Waals surface area contributed by atoms with Gasteiger partial charge in [-0.3, -0.25) is 10.5 Å². The molecule has 0 saturated carbocycles. The summed E-state index contributed by atoms with van der Waals surface area (Å²) in [6.07, 6.45) is 1.79. The first-order valence-corrected chi connectivity index (χ1v) is 4.92. The molecule has 1 heterocycles. The van der Waals surface area contributed by atoms with E-state index in [0.29, 0.717) is 11.3 Å². The van der Waals surface area contributed by atoms with Gasteiger partial charge in [0, 0.05) is 18.8 Å². The molecule has 1 aromatic heterocycles. The molecule has 2 rings (SSSR count). The second kappa shape index (κ2) is 4.42. The van der Waals surface area contributed by atoms with Gasteiger partial charge in [0.15, 0.2) is 0 Å². The topological polar surface area (TPSA) is 55.9 Å². The maximum absolute atomic E-state index is 13.6. The normalized spacial score (nSPS) is 12.7. The molecule has 2 aromatic rings. The van der Waals surface area contributed by atoms with E-state index in [1.54, 1.807) is 42.2 Å². The lowest BCUT2D eigenvalue weighted by atomic mass is 10.0. The third-order valence-corrected chi connectivity index (χ3v) is 2.41. The van der Waals surface area contributed by atoms with Crippen molar-refractivity contribution in [2.45, 2.75) is 6.04 Å². The monoisotopic (exact) mass is 220 g/mol. The summed E-state index contributed by atoms with van der Waals surface area (Å²) in [5.41, 5.74) is 3.75. The van der Waals surface area contributed by atoms with Crippen molar-refractivity contribution in [1.82, 2.24) is 15.2 Å². The fourth-order valence-electron chi connectivity index (χ4n) is 1.63.